The highest BCUT2D eigenvalue weighted by Gasteiger charge is 2.44. The molecule has 1 fully saturated rings. The molecular formula is C20H31N. The van der Waals surface area contributed by atoms with E-state index >= 15 is 0 Å². The summed E-state index contributed by atoms with van der Waals surface area (Å²) in [4.78, 5) is 0. The molecule has 1 saturated heterocycles. The molecule has 116 valence electrons. The van der Waals surface area contributed by atoms with E-state index in [1.807, 2.05) is 0 Å². The Bertz CT molecular complexity index is 495. The number of hydrogen-bond donors (Lipinski definition) is 1. The largest absolute Gasteiger partial charge is 0.303 e. The van der Waals surface area contributed by atoms with Crippen molar-refractivity contribution in [3.05, 3.63) is 36.0 Å². The molecule has 0 amide bonds. The summed E-state index contributed by atoms with van der Waals surface area (Å²) in [5.74, 6) is 2.13. The summed E-state index contributed by atoms with van der Waals surface area (Å²) in [6, 6.07) is 1.10. The molecule has 2 aliphatic carbocycles. The maximum Gasteiger partial charge on any atom is 0.0325 e. The molecule has 1 heteroatoms. The van der Waals surface area contributed by atoms with Crippen LogP contribution in [0.5, 0.6) is 0 Å². The molecule has 3 rings (SSSR count). The van der Waals surface area contributed by atoms with Gasteiger partial charge in [0.15, 0.2) is 0 Å². The minimum Gasteiger partial charge on any atom is -0.303 e. The predicted molar refractivity (Wildman–Crippen MR) is 91.1 cm³/mol. The second-order valence-corrected chi connectivity index (χ2v) is 9.28. The Balaban J connectivity index is 1.86. The molecule has 0 aromatic carbocycles. The van der Waals surface area contributed by atoms with E-state index in [1.54, 1.807) is 0 Å². The summed E-state index contributed by atoms with van der Waals surface area (Å²) >= 11 is 0. The standard InChI is InChI=1S/C20H31N/c1-19(2,3)13-7-9-17-15(11-13)16-12-14(20(4,5)6)8-10-18(16)21-17/h7-11,14-18,21H,12H2,1-6H3. The highest BCUT2D eigenvalue weighted by atomic mass is 15.0. The van der Waals surface area contributed by atoms with Crippen LogP contribution in [0, 0.1) is 28.6 Å². The monoisotopic (exact) mass is 285 g/mol. The number of fused-ring (bicyclic) bond motifs is 3. The highest BCUT2D eigenvalue weighted by Crippen LogP contribution is 2.46. The molecule has 5 unspecified atom stereocenters. The van der Waals surface area contributed by atoms with Crippen molar-refractivity contribution in [1.82, 2.24) is 5.32 Å². The van der Waals surface area contributed by atoms with Crippen LogP contribution in [0.1, 0.15) is 48.0 Å². The second-order valence-electron chi connectivity index (χ2n) is 9.28. The molecule has 0 bridgehead atoms. The maximum atomic E-state index is 3.82. The lowest BCUT2D eigenvalue weighted by molar-refractivity contribution is 0.214. The van der Waals surface area contributed by atoms with E-state index in [2.05, 4.69) is 77.2 Å². The smallest absolute Gasteiger partial charge is 0.0325 e. The van der Waals surface area contributed by atoms with Crippen LogP contribution < -0.4 is 5.32 Å². The number of rotatable bonds is 0. The lowest BCUT2D eigenvalue weighted by atomic mass is 9.67. The van der Waals surface area contributed by atoms with E-state index in [4.69, 9.17) is 0 Å². The van der Waals surface area contributed by atoms with Gasteiger partial charge in [-0.25, -0.2) is 0 Å². The normalized spacial score (nSPS) is 39.0. The van der Waals surface area contributed by atoms with Crippen molar-refractivity contribution in [1.29, 1.82) is 0 Å². The zero-order chi connectivity index (χ0) is 15.4. The van der Waals surface area contributed by atoms with Crippen LogP contribution in [0.25, 0.3) is 0 Å². The van der Waals surface area contributed by atoms with Crippen LogP contribution in [0.4, 0.5) is 0 Å². The Morgan fingerprint density at radius 3 is 2.29 bits per heavy atom. The lowest BCUT2D eigenvalue weighted by Gasteiger charge is -2.37. The van der Waals surface area contributed by atoms with Gasteiger partial charge in [-0.3, -0.25) is 0 Å². The van der Waals surface area contributed by atoms with Crippen LogP contribution in [0.3, 0.4) is 0 Å². The van der Waals surface area contributed by atoms with Gasteiger partial charge in [-0.15, -0.1) is 0 Å². The Morgan fingerprint density at radius 1 is 0.952 bits per heavy atom. The fraction of sp³-hybridized carbons (Fsp3) is 0.700. The van der Waals surface area contributed by atoms with Gasteiger partial charge >= 0.3 is 0 Å². The van der Waals surface area contributed by atoms with Crippen LogP contribution in [-0.2, 0) is 0 Å². The maximum absolute atomic E-state index is 3.82. The summed E-state index contributed by atoms with van der Waals surface area (Å²) < 4.78 is 0. The van der Waals surface area contributed by atoms with Crippen LogP contribution in [-0.4, -0.2) is 12.1 Å². The number of allylic oxidation sites excluding steroid dienone is 3. The molecule has 1 N–H and O–H groups in total. The van der Waals surface area contributed by atoms with Crippen molar-refractivity contribution in [2.24, 2.45) is 28.6 Å². The second kappa shape index (κ2) is 4.84. The van der Waals surface area contributed by atoms with E-state index in [0.717, 1.165) is 5.92 Å². The molecule has 1 aliphatic heterocycles. The Kier molecular flexibility index (Phi) is 3.48. The molecule has 0 saturated carbocycles. The summed E-state index contributed by atoms with van der Waals surface area (Å²) in [5.41, 5.74) is 2.14. The summed E-state index contributed by atoms with van der Waals surface area (Å²) in [6.45, 7) is 14.1. The van der Waals surface area contributed by atoms with Crippen molar-refractivity contribution in [3.63, 3.8) is 0 Å². The molecule has 1 nitrogen and oxygen atoms in total. The van der Waals surface area contributed by atoms with Crippen LogP contribution in [0.2, 0.25) is 0 Å². The zero-order valence-corrected chi connectivity index (χ0v) is 14.5. The van der Waals surface area contributed by atoms with Gasteiger partial charge in [-0.1, -0.05) is 71.9 Å². The average molecular weight is 285 g/mol. The van der Waals surface area contributed by atoms with Gasteiger partial charge in [0.1, 0.15) is 0 Å². The quantitative estimate of drug-likeness (QED) is 0.635. The third-order valence-corrected chi connectivity index (χ3v) is 5.67. The molecule has 5 atom stereocenters. The Morgan fingerprint density at radius 2 is 1.67 bits per heavy atom. The SMILES string of the molecule is CC(C)(C)C1=CC2C(C=C1)NC1C=CC(C(C)(C)C)CC12. The number of hydrogen-bond acceptors (Lipinski definition) is 1. The van der Waals surface area contributed by atoms with Gasteiger partial charge in [0.25, 0.3) is 0 Å². The van der Waals surface area contributed by atoms with Crippen molar-refractivity contribution in [3.8, 4) is 0 Å². The first-order valence-electron chi connectivity index (χ1n) is 8.51. The Hall–Kier alpha value is -0.820. The van der Waals surface area contributed by atoms with E-state index in [1.165, 1.54) is 12.0 Å². The molecule has 3 aliphatic rings. The molecule has 0 aromatic rings. The summed E-state index contributed by atoms with van der Waals surface area (Å²) in [7, 11) is 0. The van der Waals surface area contributed by atoms with Gasteiger partial charge < -0.3 is 5.32 Å². The predicted octanol–water partition coefficient (Wildman–Crippen LogP) is 4.72. The van der Waals surface area contributed by atoms with E-state index < -0.39 is 0 Å². The van der Waals surface area contributed by atoms with Crippen molar-refractivity contribution >= 4 is 0 Å². The van der Waals surface area contributed by atoms with Gasteiger partial charge in [0, 0.05) is 18.0 Å². The van der Waals surface area contributed by atoms with E-state index in [9.17, 15) is 0 Å². The molecule has 1 heterocycles. The highest BCUT2D eigenvalue weighted by molar-refractivity contribution is 5.35. The topological polar surface area (TPSA) is 12.0 Å². The first-order chi connectivity index (χ1) is 9.66. The first kappa shape index (κ1) is 15.1. The Labute approximate surface area is 130 Å². The summed E-state index contributed by atoms with van der Waals surface area (Å²) in [6.07, 6.45) is 13.5. The van der Waals surface area contributed by atoms with Gasteiger partial charge in [-0.2, -0.15) is 0 Å². The fourth-order valence-corrected chi connectivity index (χ4v) is 4.11. The fourth-order valence-electron chi connectivity index (χ4n) is 4.11. The van der Waals surface area contributed by atoms with Gasteiger partial charge in [0.2, 0.25) is 0 Å². The minimum absolute atomic E-state index is 0.257. The van der Waals surface area contributed by atoms with Gasteiger partial charge in [0.05, 0.1) is 0 Å². The van der Waals surface area contributed by atoms with Crippen molar-refractivity contribution < 1.29 is 0 Å². The lowest BCUT2D eigenvalue weighted by Crippen LogP contribution is -2.34. The first-order valence-corrected chi connectivity index (χ1v) is 8.51. The van der Waals surface area contributed by atoms with E-state index in [-0.39, 0.29) is 5.41 Å². The van der Waals surface area contributed by atoms with Crippen molar-refractivity contribution in [2.75, 3.05) is 0 Å². The van der Waals surface area contributed by atoms with Crippen molar-refractivity contribution in [2.45, 2.75) is 60.0 Å². The average Bonchev–Trinajstić information content (AvgIpc) is 2.73. The third-order valence-electron chi connectivity index (χ3n) is 5.67. The zero-order valence-electron chi connectivity index (χ0n) is 14.5. The van der Waals surface area contributed by atoms with Gasteiger partial charge in [-0.05, 0) is 34.7 Å². The molecule has 0 aromatic heterocycles. The third kappa shape index (κ3) is 2.77. The molecular weight excluding hydrogens is 254 g/mol. The minimum atomic E-state index is 0.257. The molecule has 0 spiro atoms. The molecule has 0 radical (unpaired) electrons. The number of nitrogens with one attached hydrogen (secondary N) is 1. The van der Waals surface area contributed by atoms with Crippen LogP contribution >= 0.6 is 0 Å². The molecule has 21 heavy (non-hydrogen) atoms. The van der Waals surface area contributed by atoms with Crippen LogP contribution in [0.15, 0.2) is 36.0 Å². The van der Waals surface area contributed by atoms with E-state index in [0.29, 0.717) is 29.3 Å². The summed E-state index contributed by atoms with van der Waals surface area (Å²) in [5, 5.41) is 3.82.